The predicted octanol–water partition coefficient (Wildman–Crippen LogP) is 2.03. The van der Waals surface area contributed by atoms with Crippen LogP contribution in [0.1, 0.15) is 15.9 Å². The Kier molecular flexibility index (Phi) is 3.97. The topological polar surface area (TPSA) is 74.4 Å². The van der Waals surface area contributed by atoms with Crippen LogP contribution in [0.5, 0.6) is 5.75 Å². The number of ether oxygens (including phenoxy) is 2. The number of aromatic nitrogens is 1. The van der Waals surface area contributed by atoms with Crippen molar-refractivity contribution in [2.75, 3.05) is 12.8 Å². The molecule has 2 rings (SSSR count). The lowest BCUT2D eigenvalue weighted by Crippen LogP contribution is -2.06. The summed E-state index contributed by atoms with van der Waals surface area (Å²) in [5.74, 6) is 0.655. The molecule has 0 aliphatic rings. The number of carbonyl (C=O) groups is 1. The maximum absolute atomic E-state index is 11.7. The molecule has 0 unspecified atom stereocenters. The number of esters is 1. The highest BCUT2D eigenvalue weighted by atomic mass is 16.5. The molecule has 19 heavy (non-hydrogen) atoms. The highest BCUT2D eigenvalue weighted by Gasteiger charge is 2.07. The molecule has 0 bridgehead atoms. The smallest absolute Gasteiger partial charge is 0.340 e. The second-order valence-electron chi connectivity index (χ2n) is 3.90. The Balaban J connectivity index is 1.98. The molecule has 2 N–H and O–H groups in total. The minimum atomic E-state index is -0.435. The molecule has 0 saturated carbocycles. The monoisotopic (exact) mass is 258 g/mol. The first-order valence-corrected chi connectivity index (χ1v) is 5.70. The van der Waals surface area contributed by atoms with Gasteiger partial charge in [0.05, 0.1) is 12.7 Å². The van der Waals surface area contributed by atoms with E-state index in [1.54, 1.807) is 19.2 Å². The second kappa shape index (κ2) is 5.86. The fourth-order valence-corrected chi connectivity index (χ4v) is 1.52. The van der Waals surface area contributed by atoms with Gasteiger partial charge in [-0.1, -0.05) is 12.1 Å². The van der Waals surface area contributed by atoms with E-state index in [1.807, 2.05) is 24.3 Å². The van der Waals surface area contributed by atoms with Crippen molar-refractivity contribution in [1.29, 1.82) is 0 Å². The van der Waals surface area contributed by atoms with Crippen LogP contribution in [0, 0.1) is 0 Å². The number of benzene rings is 1. The minimum absolute atomic E-state index is 0.181. The summed E-state index contributed by atoms with van der Waals surface area (Å²) in [6.45, 7) is 0.181. The van der Waals surface area contributed by atoms with Crippen molar-refractivity contribution in [2.45, 2.75) is 6.61 Å². The Morgan fingerprint density at radius 2 is 2.16 bits per heavy atom. The maximum Gasteiger partial charge on any atom is 0.340 e. The predicted molar refractivity (Wildman–Crippen MR) is 70.8 cm³/mol. The number of pyridine rings is 1. The Hall–Kier alpha value is -2.56. The molecule has 0 radical (unpaired) electrons. The third kappa shape index (κ3) is 3.45. The van der Waals surface area contributed by atoms with E-state index >= 15 is 0 Å². The van der Waals surface area contributed by atoms with Crippen LogP contribution >= 0.6 is 0 Å². The van der Waals surface area contributed by atoms with Gasteiger partial charge in [-0.3, -0.25) is 0 Å². The number of carbonyl (C=O) groups excluding carboxylic acids is 1. The van der Waals surface area contributed by atoms with Gasteiger partial charge in [-0.15, -0.1) is 0 Å². The number of methoxy groups -OCH3 is 1. The van der Waals surface area contributed by atoms with Crippen LogP contribution in [0.25, 0.3) is 0 Å². The molecule has 2 aromatic rings. The number of hydrogen-bond donors (Lipinski definition) is 1. The second-order valence-corrected chi connectivity index (χ2v) is 3.90. The quantitative estimate of drug-likeness (QED) is 0.849. The molecule has 0 aliphatic carbocycles. The van der Waals surface area contributed by atoms with E-state index in [-0.39, 0.29) is 6.61 Å². The lowest BCUT2D eigenvalue weighted by Gasteiger charge is -2.06. The fourth-order valence-electron chi connectivity index (χ4n) is 1.52. The summed E-state index contributed by atoms with van der Waals surface area (Å²) in [7, 11) is 1.59. The van der Waals surface area contributed by atoms with E-state index < -0.39 is 5.97 Å². The summed E-state index contributed by atoms with van der Waals surface area (Å²) in [4.78, 5) is 15.6. The molecule has 0 fully saturated rings. The third-order valence-corrected chi connectivity index (χ3v) is 2.53. The Bertz CT molecular complexity index is 567. The van der Waals surface area contributed by atoms with Crippen LogP contribution in [0.15, 0.2) is 42.6 Å². The number of nitrogens with two attached hydrogens (primary N) is 1. The van der Waals surface area contributed by atoms with Gasteiger partial charge in [-0.25, -0.2) is 9.78 Å². The maximum atomic E-state index is 11.7. The first-order chi connectivity index (χ1) is 9.19. The molecule has 0 saturated heterocycles. The highest BCUT2D eigenvalue weighted by molar-refractivity contribution is 5.89. The van der Waals surface area contributed by atoms with E-state index in [2.05, 4.69) is 4.98 Å². The zero-order chi connectivity index (χ0) is 13.7. The number of nitrogens with zero attached hydrogens (tertiary/aromatic N) is 1. The minimum Gasteiger partial charge on any atom is -0.497 e. The summed E-state index contributed by atoms with van der Waals surface area (Å²) >= 11 is 0. The number of rotatable bonds is 4. The van der Waals surface area contributed by atoms with Crippen LogP contribution in [0.2, 0.25) is 0 Å². The lowest BCUT2D eigenvalue weighted by molar-refractivity contribution is 0.0472. The lowest BCUT2D eigenvalue weighted by atomic mass is 10.2. The van der Waals surface area contributed by atoms with Crippen LogP contribution < -0.4 is 10.5 Å². The average Bonchev–Trinajstić information content (AvgIpc) is 2.46. The average molecular weight is 258 g/mol. The number of hydrogen-bond acceptors (Lipinski definition) is 5. The van der Waals surface area contributed by atoms with E-state index in [0.29, 0.717) is 11.4 Å². The van der Waals surface area contributed by atoms with Gasteiger partial charge in [-0.2, -0.15) is 0 Å². The molecule has 0 atom stereocenters. The Labute approximate surface area is 111 Å². The van der Waals surface area contributed by atoms with Gasteiger partial charge in [0.1, 0.15) is 18.2 Å². The summed E-state index contributed by atoms with van der Waals surface area (Å²) in [6, 6.07) is 10.5. The Morgan fingerprint density at radius 3 is 2.84 bits per heavy atom. The van der Waals surface area contributed by atoms with Crippen molar-refractivity contribution in [2.24, 2.45) is 0 Å². The SMILES string of the molecule is COc1cccc(COC(=O)c2ccc(N)nc2)c1. The fraction of sp³-hybridized carbons (Fsp3) is 0.143. The molecule has 0 amide bonds. The molecular formula is C14H14N2O3. The van der Waals surface area contributed by atoms with Crippen molar-refractivity contribution in [3.63, 3.8) is 0 Å². The number of nitrogen functional groups attached to an aromatic ring is 1. The first kappa shape index (κ1) is 12.9. The molecule has 5 heteroatoms. The zero-order valence-corrected chi connectivity index (χ0v) is 10.5. The third-order valence-electron chi connectivity index (χ3n) is 2.53. The van der Waals surface area contributed by atoms with Crippen LogP contribution in [0.3, 0.4) is 0 Å². The number of anilines is 1. The van der Waals surface area contributed by atoms with E-state index in [4.69, 9.17) is 15.2 Å². The summed E-state index contributed by atoms with van der Waals surface area (Å²) in [5.41, 5.74) is 6.68. The van der Waals surface area contributed by atoms with Crippen molar-refractivity contribution in [1.82, 2.24) is 4.98 Å². The van der Waals surface area contributed by atoms with Crippen LogP contribution in [-0.2, 0) is 11.3 Å². The van der Waals surface area contributed by atoms with E-state index in [9.17, 15) is 4.79 Å². The molecule has 98 valence electrons. The van der Waals surface area contributed by atoms with E-state index in [0.717, 1.165) is 11.3 Å². The molecule has 0 aliphatic heterocycles. The molecule has 1 aromatic heterocycles. The molecule has 1 aromatic carbocycles. The van der Waals surface area contributed by atoms with Gasteiger partial charge in [0.15, 0.2) is 0 Å². The Morgan fingerprint density at radius 1 is 1.32 bits per heavy atom. The first-order valence-electron chi connectivity index (χ1n) is 5.70. The van der Waals surface area contributed by atoms with Gasteiger partial charge in [0.25, 0.3) is 0 Å². The standard InChI is InChI=1S/C14H14N2O3/c1-18-12-4-2-3-10(7-12)9-19-14(17)11-5-6-13(15)16-8-11/h2-8H,9H2,1H3,(H2,15,16). The van der Waals surface area contributed by atoms with Crippen molar-refractivity contribution >= 4 is 11.8 Å². The summed E-state index contributed by atoms with van der Waals surface area (Å²) < 4.78 is 10.3. The van der Waals surface area contributed by atoms with Crippen LogP contribution in [-0.4, -0.2) is 18.1 Å². The highest BCUT2D eigenvalue weighted by Crippen LogP contribution is 2.14. The normalized spacial score (nSPS) is 9.95. The van der Waals surface area contributed by atoms with Crippen molar-refractivity contribution in [3.8, 4) is 5.75 Å². The van der Waals surface area contributed by atoms with Gasteiger partial charge in [0, 0.05) is 6.20 Å². The van der Waals surface area contributed by atoms with E-state index in [1.165, 1.54) is 6.20 Å². The summed E-state index contributed by atoms with van der Waals surface area (Å²) in [5, 5.41) is 0. The van der Waals surface area contributed by atoms with Gasteiger partial charge < -0.3 is 15.2 Å². The van der Waals surface area contributed by atoms with Gasteiger partial charge in [0.2, 0.25) is 0 Å². The largest absolute Gasteiger partial charge is 0.497 e. The molecule has 1 heterocycles. The van der Waals surface area contributed by atoms with Crippen molar-refractivity contribution in [3.05, 3.63) is 53.7 Å². The van der Waals surface area contributed by atoms with Crippen molar-refractivity contribution < 1.29 is 14.3 Å². The molecule has 5 nitrogen and oxygen atoms in total. The van der Waals surface area contributed by atoms with Gasteiger partial charge in [-0.05, 0) is 29.8 Å². The van der Waals surface area contributed by atoms with Crippen LogP contribution in [0.4, 0.5) is 5.82 Å². The summed E-state index contributed by atoms with van der Waals surface area (Å²) in [6.07, 6.45) is 1.39. The zero-order valence-electron chi connectivity index (χ0n) is 10.5. The molecule has 0 spiro atoms. The molecular weight excluding hydrogens is 244 g/mol. The van der Waals surface area contributed by atoms with Gasteiger partial charge >= 0.3 is 5.97 Å².